The van der Waals surface area contributed by atoms with E-state index in [1.165, 1.54) is 13.1 Å². The van der Waals surface area contributed by atoms with Gasteiger partial charge in [-0.05, 0) is 18.2 Å². The molecular formula is C12H10N2O2. The maximum absolute atomic E-state index is 11.1. The molecule has 0 bridgehead atoms. The Morgan fingerprint density at radius 2 is 2.00 bits per heavy atom. The molecule has 0 saturated heterocycles. The fourth-order valence-electron chi connectivity index (χ4n) is 1.37. The topological polar surface area (TPSA) is 63.1 Å². The first kappa shape index (κ1) is 10.3. The standard InChI is InChI=1S/C12H10N2O2/c1-8(15)12-13-7-6-10(14-12)9-4-2-3-5-11(9)16/h2-7,16H,1H3. The van der Waals surface area contributed by atoms with Crippen molar-refractivity contribution in [3.05, 3.63) is 42.4 Å². The number of hydrogen-bond donors (Lipinski definition) is 1. The third-order valence-electron chi connectivity index (χ3n) is 2.15. The summed E-state index contributed by atoms with van der Waals surface area (Å²) in [5.41, 5.74) is 1.13. The van der Waals surface area contributed by atoms with Gasteiger partial charge in [0.25, 0.3) is 0 Å². The van der Waals surface area contributed by atoms with Crippen LogP contribution in [0.3, 0.4) is 0 Å². The lowest BCUT2D eigenvalue weighted by molar-refractivity contribution is 0.100. The van der Waals surface area contributed by atoms with Crippen LogP contribution in [0.5, 0.6) is 5.75 Å². The molecule has 0 aliphatic heterocycles. The number of aromatic hydroxyl groups is 1. The van der Waals surface area contributed by atoms with Gasteiger partial charge in [0.1, 0.15) is 5.75 Å². The van der Waals surface area contributed by atoms with Gasteiger partial charge >= 0.3 is 0 Å². The number of benzene rings is 1. The van der Waals surface area contributed by atoms with Crippen molar-refractivity contribution >= 4 is 5.78 Å². The Balaban J connectivity index is 2.53. The third-order valence-corrected chi connectivity index (χ3v) is 2.15. The molecule has 1 heterocycles. The predicted octanol–water partition coefficient (Wildman–Crippen LogP) is 2.05. The number of Topliss-reactive ketones (excluding diaryl/α,β-unsaturated/α-hetero) is 1. The quantitative estimate of drug-likeness (QED) is 0.777. The molecule has 1 aromatic carbocycles. The molecule has 0 saturated carbocycles. The van der Waals surface area contributed by atoms with Crippen LogP contribution in [0, 0.1) is 0 Å². The number of para-hydroxylation sites is 1. The zero-order valence-corrected chi connectivity index (χ0v) is 8.71. The Bertz CT molecular complexity index is 538. The van der Waals surface area contributed by atoms with Crippen molar-refractivity contribution in [2.75, 3.05) is 0 Å². The van der Waals surface area contributed by atoms with Gasteiger partial charge in [-0.2, -0.15) is 0 Å². The van der Waals surface area contributed by atoms with Crippen LogP contribution in [0.15, 0.2) is 36.5 Å². The monoisotopic (exact) mass is 214 g/mol. The molecule has 2 rings (SSSR count). The van der Waals surface area contributed by atoms with E-state index in [0.29, 0.717) is 11.3 Å². The van der Waals surface area contributed by atoms with Gasteiger partial charge in [0, 0.05) is 18.7 Å². The number of aromatic nitrogens is 2. The summed E-state index contributed by atoms with van der Waals surface area (Å²) in [5.74, 6) is 0.0914. The largest absolute Gasteiger partial charge is 0.507 e. The van der Waals surface area contributed by atoms with E-state index in [1.807, 2.05) is 0 Å². The second kappa shape index (κ2) is 4.10. The minimum atomic E-state index is -0.197. The Morgan fingerprint density at radius 1 is 1.25 bits per heavy atom. The fourth-order valence-corrected chi connectivity index (χ4v) is 1.37. The average Bonchev–Trinajstić information content (AvgIpc) is 2.30. The molecule has 2 aromatic rings. The molecule has 4 nitrogen and oxygen atoms in total. The molecule has 0 aliphatic carbocycles. The lowest BCUT2D eigenvalue weighted by Crippen LogP contribution is -2.01. The highest BCUT2D eigenvalue weighted by Crippen LogP contribution is 2.26. The number of carbonyl (C=O) groups excluding carboxylic acids is 1. The van der Waals surface area contributed by atoms with Crippen molar-refractivity contribution < 1.29 is 9.90 Å². The summed E-state index contributed by atoms with van der Waals surface area (Å²) in [4.78, 5) is 19.1. The van der Waals surface area contributed by atoms with Crippen LogP contribution in [0.25, 0.3) is 11.3 Å². The highest BCUT2D eigenvalue weighted by Gasteiger charge is 2.08. The normalized spacial score (nSPS) is 10.1. The molecule has 1 aromatic heterocycles. The smallest absolute Gasteiger partial charge is 0.196 e. The zero-order valence-electron chi connectivity index (χ0n) is 8.71. The van der Waals surface area contributed by atoms with Gasteiger partial charge in [0.15, 0.2) is 11.6 Å². The van der Waals surface area contributed by atoms with Crippen LogP contribution in [0.2, 0.25) is 0 Å². The van der Waals surface area contributed by atoms with Crippen LogP contribution >= 0.6 is 0 Å². The van der Waals surface area contributed by atoms with Crippen molar-refractivity contribution in [1.29, 1.82) is 0 Å². The molecule has 0 unspecified atom stereocenters. The fraction of sp³-hybridized carbons (Fsp3) is 0.0833. The van der Waals surface area contributed by atoms with Gasteiger partial charge in [-0.3, -0.25) is 4.79 Å². The maximum atomic E-state index is 11.1. The first-order chi connectivity index (χ1) is 7.68. The first-order valence-electron chi connectivity index (χ1n) is 4.81. The second-order valence-electron chi connectivity index (χ2n) is 3.34. The summed E-state index contributed by atoms with van der Waals surface area (Å²) in [6.45, 7) is 1.41. The highest BCUT2D eigenvalue weighted by molar-refractivity contribution is 5.90. The lowest BCUT2D eigenvalue weighted by Gasteiger charge is -2.03. The number of hydrogen-bond acceptors (Lipinski definition) is 4. The van der Waals surface area contributed by atoms with Crippen molar-refractivity contribution in [2.24, 2.45) is 0 Å². The molecule has 0 spiro atoms. The number of rotatable bonds is 2. The molecule has 0 amide bonds. The van der Waals surface area contributed by atoms with Gasteiger partial charge in [0.05, 0.1) is 5.69 Å². The van der Waals surface area contributed by atoms with Crippen molar-refractivity contribution in [1.82, 2.24) is 9.97 Å². The average molecular weight is 214 g/mol. The molecule has 4 heteroatoms. The zero-order chi connectivity index (χ0) is 11.5. The van der Waals surface area contributed by atoms with E-state index in [0.717, 1.165) is 0 Å². The summed E-state index contributed by atoms with van der Waals surface area (Å²) < 4.78 is 0. The Labute approximate surface area is 92.6 Å². The van der Waals surface area contributed by atoms with Crippen LogP contribution < -0.4 is 0 Å². The van der Waals surface area contributed by atoms with Crippen LogP contribution in [-0.4, -0.2) is 20.9 Å². The van der Waals surface area contributed by atoms with E-state index < -0.39 is 0 Å². The molecular weight excluding hydrogens is 204 g/mol. The van der Waals surface area contributed by atoms with Crippen LogP contribution in [0.1, 0.15) is 17.5 Å². The van der Waals surface area contributed by atoms with E-state index in [1.54, 1.807) is 30.3 Å². The number of phenols is 1. The van der Waals surface area contributed by atoms with Crippen molar-refractivity contribution in [3.63, 3.8) is 0 Å². The Morgan fingerprint density at radius 3 is 2.69 bits per heavy atom. The van der Waals surface area contributed by atoms with Gasteiger partial charge in [-0.1, -0.05) is 12.1 Å². The second-order valence-corrected chi connectivity index (χ2v) is 3.34. The summed E-state index contributed by atoms with van der Waals surface area (Å²) in [7, 11) is 0. The third kappa shape index (κ3) is 1.91. The molecule has 16 heavy (non-hydrogen) atoms. The summed E-state index contributed by atoms with van der Waals surface area (Å²) in [5, 5.41) is 9.65. The van der Waals surface area contributed by atoms with Gasteiger partial charge in [0.2, 0.25) is 0 Å². The highest BCUT2D eigenvalue weighted by atomic mass is 16.3. The van der Waals surface area contributed by atoms with E-state index in [9.17, 15) is 9.90 Å². The van der Waals surface area contributed by atoms with E-state index in [2.05, 4.69) is 9.97 Å². The molecule has 0 aliphatic rings. The molecule has 1 N–H and O–H groups in total. The van der Waals surface area contributed by atoms with E-state index in [-0.39, 0.29) is 17.4 Å². The molecule has 0 atom stereocenters. The van der Waals surface area contributed by atoms with E-state index >= 15 is 0 Å². The number of nitrogens with zero attached hydrogens (tertiary/aromatic N) is 2. The Hall–Kier alpha value is -2.23. The molecule has 80 valence electrons. The number of carbonyl (C=O) groups is 1. The molecule has 0 fully saturated rings. The lowest BCUT2D eigenvalue weighted by atomic mass is 10.1. The SMILES string of the molecule is CC(=O)c1nccc(-c2ccccc2O)n1. The predicted molar refractivity (Wildman–Crippen MR) is 59.1 cm³/mol. The minimum absolute atomic E-state index is 0.135. The van der Waals surface area contributed by atoms with Gasteiger partial charge in [-0.15, -0.1) is 0 Å². The van der Waals surface area contributed by atoms with Crippen LogP contribution in [0.4, 0.5) is 0 Å². The summed E-state index contributed by atoms with van der Waals surface area (Å²) in [6, 6.07) is 8.49. The first-order valence-corrected chi connectivity index (χ1v) is 4.81. The number of ketones is 1. The Kier molecular flexibility index (Phi) is 2.64. The minimum Gasteiger partial charge on any atom is -0.507 e. The van der Waals surface area contributed by atoms with Crippen LogP contribution in [-0.2, 0) is 0 Å². The van der Waals surface area contributed by atoms with Gasteiger partial charge < -0.3 is 5.11 Å². The molecule has 0 radical (unpaired) electrons. The van der Waals surface area contributed by atoms with E-state index in [4.69, 9.17) is 0 Å². The maximum Gasteiger partial charge on any atom is 0.196 e. The summed E-state index contributed by atoms with van der Waals surface area (Å²) >= 11 is 0. The van der Waals surface area contributed by atoms with Crippen molar-refractivity contribution in [2.45, 2.75) is 6.92 Å². The van der Waals surface area contributed by atoms with Crippen molar-refractivity contribution in [3.8, 4) is 17.0 Å². The summed E-state index contributed by atoms with van der Waals surface area (Å²) in [6.07, 6.45) is 1.51. The van der Waals surface area contributed by atoms with Gasteiger partial charge in [-0.25, -0.2) is 9.97 Å². The number of phenolic OH excluding ortho intramolecular Hbond substituents is 1.